The number of hydrogen-bond donors (Lipinski definition) is 1. The first-order valence-electron chi connectivity index (χ1n) is 4.67. The second-order valence-corrected chi connectivity index (χ2v) is 4.59. The van der Waals surface area contributed by atoms with Gasteiger partial charge in [0.25, 0.3) is 0 Å². The molecule has 13 heavy (non-hydrogen) atoms. The molecule has 0 bridgehead atoms. The van der Waals surface area contributed by atoms with Crippen LogP contribution in [0.25, 0.3) is 0 Å². The second-order valence-electron chi connectivity index (χ2n) is 3.68. The van der Waals surface area contributed by atoms with Crippen molar-refractivity contribution in [1.29, 1.82) is 0 Å². The molecule has 1 atom stereocenters. The summed E-state index contributed by atoms with van der Waals surface area (Å²) in [6, 6.07) is 8.29. The van der Waals surface area contributed by atoms with E-state index in [0.29, 0.717) is 5.92 Å². The van der Waals surface area contributed by atoms with Crippen LogP contribution in [0.15, 0.2) is 28.7 Å². The zero-order valence-electron chi connectivity index (χ0n) is 7.41. The minimum atomic E-state index is 0.284. The molecule has 1 aromatic rings. The van der Waals surface area contributed by atoms with Crippen molar-refractivity contribution in [1.82, 2.24) is 0 Å². The molecule has 1 nitrogen and oxygen atoms in total. The predicted octanol–water partition coefficient (Wildman–Crippen LogP) is 2.94. The zero-order chi connectivity index (χ0) is 9.26. The summed E-state index contributed by atoms with van der Waals surface area (Å²) in [5, 5.41) is 9.25. The molecular weight excluding hydrogens is 228 g/mol. The van der Waals surface area contributed by atoms with Gasteiger partial charge in [-0.25, -0.2) is 0 Å². The summed E-state index contributed by atoms with van der Waals surface area (Å²) >= 11 is 3.41. The minimum Gasteiger partial charge on any atom is -0.396 e. The molecule has 0 heterocycles. The van der Waals surface area contributed by atoms with Gasteiger partial charge in [-0.1, -0.05) is 28.1 Å². The molecule has 1 aliphatic carbocycles. The molecule has 0 saturated heterocycles. The van der Waals surface area contributed by atoms with E-state index in [0.717, 1.165) is 10.4 Å². The zero-order valence-corrected chi connectivity index (χ0v) is 9.00. The Morgan fingerprint density at radius 1 is 1.31 bits per heavy atom. The molecule has 0 aliphatic heterocycles. The highest BCUT2D eigenvalue weighted by Crippen LogP contribution is 2.42. The molecule has 70 valence electrons. The van der Waals surface area contributed by atoms with Gasteiger partial charge in [-0.2, -0.15) is 0 Å². The summed E-state index contributed by atoms with van der Waals surface area (Å²) in [5.74, 6) is 1.10. The lowest BCUT2D eigenvalue weighted by atomic mass is 9.95. The Kier molecular flexibility index (Phi) is 2.70. The first kappa shape index (κ1) is 9.22. The average molecular weight is 241 g/mol. The molecule has 2 rings (SSSR count). The molecule has 2 heteroatoms. The molecule has 1 aliphatic rings. The normalized spacial score (nSPS) is 18.6. The van der Waals surface area contributed by atoms with Gasteiger partial charge in [0.05, 0.1) is 6.61 Å². The quantitative estimate of drug-likeness (QED) is 0.862. The van der Waals surface area contributed by atoms with Crippen LogP contribution >= 0.6 is 15.9 Å². The maximum absolute atomic E-state index is 9.25. The summed E-state index contributed by atoms with van der Waals surface area (Å²) in [4.78, 5) is 0. The molecular formula is C11H13BrO. The van der Waals surface area contributed by atoms with Gasteiger partial charge >= 0.3 is 0 Å². The largest absolute Gasteiger partial charge is 0.396 e. The highest BCUT2D eigenvalue weighted by Gasteiger charge is 2.31. The van der Waals surface area contributed by atoms with E-state index in [4.69, 9.17) is 0 Å². The van der Waals surface area contributed by atoms with Crippen molar-refractivity contribution in [2.45, 2.75) is 18.8 Å². The van der Waals surface area contributed by atoms with Crippen molar-refractivity contribution in [3.8, 4) is 0 Å². The van der Waals surface area contributed by atoms with Gasteiger partial charge in [-0.3, -0.25) is 0 Å². The van der Waals surface area contributed by atoms with Crippen molar-refractivity contribution in [2.24, 2.45) is 5.92 Å². The molecule has 0 aromatic heterocycles. The predicted molar refractivity (Wildman–Crippen MR) is 56.7 cm³/mol. The SMILES string of the molecule is OCC(c1ccc(Br)cc1)C1CC1. The molecule has 1 saturated carbocycles. The highest BCUT2D eigenvalue weighted by atomic mass is 79.9. The summed E-state index contributed by atoms with van der Waals surface area (Å²) in [6.45, 7) is 0.284. The first-order chi connectivity index (χ1) is 6.31. The number of aliphatic hydroxyl groups excluding tert-OH is 1. The van der Waals surface area contributed by atoms with E-state index in [1.54, 1.807) is 0 Å². The van der Waals surface area contributed by atoms with Gasteiger partial charge in [0.1, 0.15) is 0 Å². The molecule has 0 spiro atoms. The number of benzene rings is 1. The van der Waals surface area contributed by atoms with Crippen molar-refractivity contribution in [3.63, 3.8) is 0 Å². The van der Waals surface area contributed by atoms with Gasteiger partial charge in [0.15, 0.2) is 0 Å². The van der Waals surface area contributed by atoms with Crippen LogP contribution in [0, 0.1) is 5.92 Å². The Bertz CT molecular complexity index is 277. The standard InChI is InChI=1S/C11H13BrO/c12-10-5-3-9(4-6-10)11(7-13)8-1-2-8/h3-6,8,11,13H,1-2,7H2. The average Bonchev–Trinajstić information content (AvgIpc) is 2.93. The van der Waals surface area contributed by atoms with Crippen LogP contribution in [0.5, 0.6) is 0 Å². The van der Waals surface area contributed by atoms with Crippen LogP contribution in [0.1, 0.15) is 24.3 Å². The fourth-order valence-electron chi connectivity index (χ4n) is 1.74. The van der Waals surface area contributed by atoms with Crippen LogP contribution in [0.3, 0.4) is 0 Å². The van der Waals surface area contributed by atoms with Crippen LogP contribution < -0.4 is 0 Å². The lowest BCUT2D eigenvalue weighted by molar-refractivity contribution is 0.253. The van der Waals surface area contributed by atoms with E-state index in [-0.39, 0.29) is 6.61 Å². The number of rotatable bonds is 3. The third-order valence-electron chi connectivity index (χ3n) is 2.69. The minimum absolute atomic E-state index is 0.284. The Morgan fingerprint density at radius 3 is 2.38 bits per heavy atom. The van der Waals surface area contributed by atoms with Crippen LogP contribution in [0.2, 0.25) is 0 Å². The summed E-state index contributed by atoms with van der Waals surface area (Å²) < 4.78 is 1.10. The molecule has 0 amide bonds. The third-order valence-corrected chi connectivity index (χ3v) is 3.21. The summed E-state index contributed by atoms with van der Waals surface area (Å²) in [6.07, 6.45) is 2.56. The fraction of sp³-hybridized carbons (Fsp3) is 0.455. The van der Waals surface area contributed by atoms with Gasteiger partial charge in [-0.15, -0.1) is 0 Å². The van der Waals surface area contributed by atoms with E-state index >= 15 is 0 Å². The lowest BCUT2D eigenvalue weighted by Crippen LogP contribution is -2.05. The fourth-order valence-corrected chi connectivity index (χ4v) is 2.00. The Balaban J connectivity index is 2.17. The molecule has 1 N–H and O–H groups in total. The molecule has 1 unspecified atom stereocenters. The Hall–Kier alpha value is -0.340. The van der Waals surface area contributed by atoms with Gasteiger partial charge < -0.3 is 5.11 Å². The van der Waals surface area contributed by atoms with Crippen LogP contribution in [-0.2, 0) is 0 Å². The number of halogens is 1. The second kappa shape index (κ2) is 3.81. The highest BCUT2D eigenvalue weighted by molar-refractivity contribution is 9.10. The van der Waals surface area contributed by atoms with Crippen molar-refractivity contribution in [3.05, 3.63) is 34.3 Å². The van der Waals surface area contributed by atoms with Gasteiger partial charge in [-0.05, 0) is 36.5 Å². The van der Waals surface area contributed by atoms with Crippen LogP contribution in [-0.4, -0.2) is 11.7 Å². The van der Waals surface area contributed by atoms with E-state index in [1.807, 2.05) is 12.1 Å². The third kappa shape index (κ3) is 2.12. The number of hydrogen-bond acceptors (Lipinski definition) is 1. The summed E-state index contributed by atoms with van der Waals surface area (Å²) in [7, 11) is 0. The van der Waals surface area contributed by atoms with Gasteiger partial charge in [0.2, 0.25) is 0 Å². The first-order valence-corrected chi connectivity index (χ1v) is 5.47. The van der Waals surface area contributed by atoms with E-state index in [2.05, 4.69) is 28.1 Å². The van der Waals surface area contributed by atoms with Crippen molar-refractivity contribution < 1.29 is 5.11 Å². The van der Waals surface area contributed by atoms with Gasteiger partial charge in [0, 0.05) is 10.4 Å². The van der Waals surface area contributed by atoms with E-state index in [1.165, 1.54) is 18.4 Å². The molecule has 1 aromatic carbocycles. The van der Waals surface area contributed by atoms with E-state index < -0.39 is 0 Å². The van der Waals surface area contributed by atoms with Crippen LogP contribution in [0.4, 0.5) is 0 Å². The van der Waals surface area contributed by atoms with Crippen molar-refractivity contribution >= 4 is 15.9 Å². The maximum atomic E-state index is 9.25. The lowest BCUT2D eigenvalue weighted by Gasteiger charge is -2.13. The summed E-state index contributed by atoms with van der Waals surface area (Å²) in [5.41, 5.74) is 1.27. The Morgan fingerprint density at radius 2 is 1.92 bits per heavy atom. The molecule has 0 radical (unpaired) electrons. The smallest absolute Gasteiger partial charge is 0.0502 e. The van der Waals surface area contributed by atoms with Crippen molar-refractivity contribution in [2.75, 3.05) is 6.61 Å². The Labute approximate surface area is 86.9 Å². The van der Waals surface area contributed by atoms with E-state index in [9.17, 15) is 5.11 Å². The molecule has 1 fully saturated rings. The number of aliphatic hydroxyl groups is 1. The topological polar surface area (TPSA) is 20.2 Å². The maximum Gasteiger partial charge on any atom is 0.0502 e. The monoisotopic (exact) mass is 240 g/mol.